The van der Waals surface area contributed by atoms with E-state index in [2.05, 4.69) is 31.5 Å². The Balaban J connectivity index is 1.87. The van der Waals surface area contributed by atoms with Crippen molar-refractivity contribution in [3.8, 4) is 0 Å². The fourth-order valence-electron chi connectivity index (χ4n) is 1.66. The van der Waals surface area contributed by atoms with Crippen LogP contribution in [0.3, 0.4) is 0 Å². The zero-order valence-electron chi connectivity index (χ0n) is 10.4. The molecule has 1 aromatic rings. The minimum Gasteiger partial charge on any atom is -0.363 e. The molecule has 0 spiro atoms. The van der Waals surface area contributed by atoms with E-state index in [0.29, 0.717) is 5.82 Å². The SMILES string of the molecule is Cc1cc(Br)cnc1NC(=O)COC1(C)CNC1. The summed E-state index contributed by atoms with van der Waals surface area (Å²) in [5, 5.41) is 5.86. The smallest absolute Gasteiger partial charge is 0.251 e. The number of pyridine rings is 1. The molecule has 1 aliphatic rings. The summed E-state index contributed by atoms with van der Waals surface area (Å²) < 4.78 is 6.44. The quantitative estimate of drug-likeness (QED) is 0.883. The summed E-state index contributed by atoms with van der Waals surface area (Å²) in [4.78, 5) is 15.9. The van der Waals surface area contributed by atoms with Gasteiger partial charge in [-0.3, -0.25) is 4.79 Å². The number of aromatic nitrogens is 1. The van der Waals surface area contributed by atoms with Crippen LogP contribution in [0, 0.1) is 6.92 Å². The summed E-state index contributed by atoms with van der Waals surface area (Å²) in [6, 6.07) is 1.90. The summed E-state index contributed by atoms with van der Waals surface area (Å²) in [7, 11) is 0. The molecule has 0 unspecified atom stereocenters. The van der Waals surface area contributed by atoms with Gasteiger partial charge < -0.3 is 15.4 Å². The number of aryl methyl sites for hydroxylation is 1. The third kappa shape index (κ3) is 3.28. The highest BCUT2D eigenvalue weighted by molar-refractivity contribution is 9.10. The lowest BCUT2D eigenvalue weighted by molar-refractivity contribution is -0.130. The van der Waals surface area contributed by atoms with Crippen LogP contribution in [0.1, 0.15) is 12.5 Å². The second-order valence-electron chi connectivity index (χ2n) is 4.71. The predicted octanol–water partition coefficient (Wildman–Crippen LogP) is 1.47. The van der Waals surface area contributed by atoms with Gasteiger partial charge in [0, 0.05) is 23.8 Å². The zero-order valence-corrected chi connectivity index (χ0v) is 12.0. The van der Waals surface area contributed by atoms with E-state index in [1.54, 1.807) is 6.20 Å². The summed E-state index contributed by atoms with van der Waals surface area (Å²) in [5.74, 6) is 0.393. The first-order valence-corrected chi connectivity index (χ1v) is 6.54. The second kappa shape index (κ2) is 5.34. The molecule has 0 saturated carbocycles. The van der Waals surface area contributed by atoms with E-state index >= 15 is 0 Å². The van der Waals surface area contributed by atoms with Gasteiger partial charge in [0.05, 0.1) is 5.60 Å². The van der Waals surface area contributed by atoms with Crippen LogP contribution < -0.4 is 10.6 Å². The lowest BCUT2D eigenvalue weighted by atomic mass is 10.0. The van der Waals surface area contributed by atoms with Crippen LogP contribution in [-0.4, -0.2) is 36.2 Å². The normalized spacial score (nSPS) is 17.1. The van der Waals surface area contributed by atoms with Gasteiger partial charge in [0.1, 0.15) is 12.4 Å². The average molecular weight is 314 g/mol. The van der Waals surface area contributed by atoms with E-state index < -0.39 is 0 Å². The first-order chi connectivity index (χ1) is 8.48. The number of hydrogen-bond donors (Lipinski definition) is 2. The Labute approximate surface area is 114 Å². The molecule has 1 amide bonds. The minimum absolute atomic E-state index is 0.0510. The Kier molecular flexibility index (Phi) is 3.99. The van der Waals surface area contributed by atoms with Gasteiger partial charge in [-0.2, -0.15) is 0 Å². The van der Waals surface area contributed by atoms with Crippen LogP contribution in [0.4, 0.5) is 5.82 Å². The first kappa shape index (κ1) is 13.5. The van der Waals surface area contributed by atoms with Crippen LogP contribution in [0.15, 0.2) is 16.7 Å². The van der Waals surface area contributed by atoms with Crippen molar-refractivity contribution in [1.82, 2.24) is 10.3 Å². The van der Waals surface area contributed by atoms with Crippen molar-refractivity contribution in [3.63, 3.8) is 0 Å². The number of hydrogen-bond acceptors (Lipinski definition) is 4. The zero-order chi connectivity index (χ0) is 13.2. The van der Waals surface area contributed by atoms with Crippen molar-refractivity contribution in [2.45, 2.75) is 19.4 Å². The molecule has 0 aliphatic carbocycles. The maximum Gasteiger partial charge on any atom is 0.251 e. The molecule has 5 nitrogen and oxygen atoms in total. The van der Waals surface area contributed by atoms with E-state index in [1.165, 1.54) is 0 Å². The van der Waals surface area contributed by atoms with Gasteiger partial charge in [-0.1, -0.05) is 0 Å². The van der Waals surface area contributed by atoms with E-state index in [-0.39, 0.29) is 18.1 Å². The van der Waals surface area contributed by atoms with Gasteiger partial charge >= 0.3 is 0 Å². The molecule has 98 valence electrons. The van der Waals surface area contributed by atoms with Crippen molar-refractivity contribution in [1.29, 1.82) is 0 Å². The summed E-state index contributed by atoms with van der Waals surface area (Å²) in [6.45, 7) is 5.51. The average Bonchev–Trinajstić information content (AvgIpc) is 2.28. The molecule has 0 radical (unpaired) electrons. The van der Waals surface area contributed by atoms with Gasteiger partial charge in [-0.05, 0) is 41.4 Å². The van der Waals surface area contributed by atoms with Crippen molar-refractivity contribution in [3.05, 3.63) is 22.3 Å². The maximum atomic E-state index is 11.7. The predicted molar refractivity (Wildman–Crippen MR) is 72.5 cm³/mol. The van der Waals surface area contributed by atoms with Crippen LogP contribution in [-0.2, 0) is 9.53 Å². The van der Waals surface area contributed by atoms with Crippen molar-refractivity contribution >= 4 is 27.7 Å². The fourth-order valence-corrected chi connectivity index (χ4v) is 2.10. The Hall–Kier alpha value is -0.980. The number of ether oxygens (including phenoxy) is 1. The molecule has 1 saturated heterocycles. The molecule has 0 bridgehead atoms. The van der Waals surface area contributed by atoms with Gasteiger partial charge in [0.25, 0.3) is 5.91 Å². The minimum atomic E-state index is -0.209. The van der Waals surface area contributed by atoms with Crippen molar-refractivity contribution in [2.24, 2.45) is 0 Å². The van der Waals surface area contributed by atoms with Crippen LogP contribution in [0.2, 0.25) is 0 Å². The third-order valence-corrected chi connectivity index (χ3v) is 3.29. The van der Waals surface area contributed by atoms with E-state index in [0.717, 1.165) is 23.1 Å². The largest absolute Gasteiger partial charge is 0.363 e. The molecule has 2 heterocycles. The monoisotopic (exact) mass is 313 g/mol. The van der Waals surface area contributed by atoms with Gasteiger partial charge in [-0.25, -0.2) is 4.98 Å². The van der Waals surface area contributed by atoms with Crippen LogP contribution in [0.5, 0.6) is 0 Å². The molecule has 1 fully saturated rings. The Morgan fingerprint density at radius 1 is 1.67 bits per heavy atom. The number of carbonyl (C=O) groups excluding carboxylic acids is 1. The van der Waals surface area contributed by atoms with Crippen LogP contribution >= 0.6 is 15.9 Å². The molecular weight excluding hydrogens is 298 g/mol. The highest BCUT2D eigenvalue weighted by Crippen LogP contribution is 2.17. The number of nitrogens with one attached hydrogen (secondary N) is 2. The molecular formula is C12H16BrN3O2. The fraction of sp³-hybridized carbons (Fsp3) is 0.500. The Bertz CT molecular complexity index is 461. The number of halogens is 1. The van der Waals surface area contributed by atoms with E-state index in [9.17, 15) is 4.79 Å². The standard InChI is InChI=1S/C12H16BrN3O2/c1-8-3-9(13)4-15-11(8)16-10(17)5-18-12(2)6-14-7-12/h3-4,14H,5-7H2,1-2H3,(H,15,16,17). The highest BCUT2D eigenvalue weighted by atomic mass is 79.9. The van der Waals surface area contributed by atoms with Gasteiger partial charge in [0.2, 0.25) is 0 Å². The molecule has 0 aromatic carbocycles. The molecule has 0 atom stereocenters. The van der Waals surface area contributed by atoms with E-state index in [4.69, 9.17) is 4.74 Å². The maximum absolute atomic E-state index is 11.7. The lowest BCUT2D eigenvalue weighted by Crippen LogP contribution is -2.59. The molecule has 2 rings (SSSR count). The highest BCUT2D eigenvalue weighted by Gasteiger charge is 2.33. The summed E-state index contributed by atoms with van der Waals surface area (Å²) in [5.41, 5.74) is 0.703. The van der Waals surface area contributed by atoms with Gasteiger partial charge in [-0.15, -0.1) is 0 Å². The number of amides is 1. The number of anilines is 1. The number of rotatable bonds is 4. The summed E-state index contributed by atoms with van der Waals surface area (Å²) >= 11 is 3.33. The summed E-state index contributed by atoms with van der Waals surface area (Å²) in [6.07, 6.45) is 1.65. The number of nitrogens with zero attached hydrogens (tertiary/aromatic N) is 1. The molecule has 1 aromatic heterocycles. The first-order valence-electron chi connectivity index (χ1n) is 5.75. The topological polar surface area (TPSA) is 63.2 Å². The molecule has 1 aliphatic heterocycles. The van der Waals surface area contributed by atoms with Crippen molar-refractivity contribution < 1.29 is 9.53 Å². The van der Waals surface area contributed by atoms with Crippen LogP contribution in [0.25, 0.3) is 0 Å². The lowest BCUT2D eigenvalue weighted by Gasteiger charge is -2.38. The molecule has 2 N–H and O–H groups in total. The molecule has 6 heteroatoms. The third-order valence-electron chi connectivity index (χ3n) is 2.85. The molecule has 18 heavy (non-hydrogen) atoms. The number of carbonyl (C=O) groups is 1. The van der Waals surface area contributed by atoms with Crippen molar-refractivity contribution in [2.75, 3.05) is 25.0 Å². The second-order valence-corrected chi connectivity index (χ2v) is 5.63. The van der Waals surface area contributed by atoms with Gasteiger partial charge in [0.15, 0.2) is 0 Å². The van der Waals surface area contributed by atoms with E-state index in [1.807, 2.05) is 19.9 Å². The Morgan fingerprint density at radius 2 is 2.39 bits per heavy atom. The Morgan fingerprint density at radius 3 is 2.94 bits per heavy atom.